The molecule has 1 N–H and O–H groups in total. The number of hydrogen-bond donors (Lipinski definition) is 1. The van der Waals surface area contributed by atoms with E-state index in [0.717, 1.165) is 42.8 Å². The van der Waals surface area contributed by atoms with E-state index in [2.05, 4.69) is 6.92 Å². The van der Waals surface area contributed by atoms with Gasteiger partial charge in [-0.2, -0.15) is 5.10 Å². The highest BCUT2D eigenvalue weighted by Crippen LogP contribution is 2.25. The Morgan fingerprint density at radius 3 is 2.48 bits per heavy atom. The molecule has 0 atom stereocenters. The van der Waals surface area contributed by atoms with Crippen LogP contribution in [0.2, 0.25) is 0 Å². The fourth-order valence-corrected chi connectivity index (χ4v) is 4.79. The number of carboxylic acids is 1. The maximum atomic E-state index is 13.2. The van der Waals surface area contributed by atoms with Crippen LogP contribution in [-0.2, 0) is 19.5 Å². The summed E-state index contributed by atoms with van der Waals surface area (Å²) in [5.74, 6) is 0.470. The van der Waals surface area contributed by atoms with Gasteiger partial charge in [-0.05, 0) is 47.9 Å². The molecule has 6 heteroatoms. The van der Waals surface area contributed by atoms with Crippen molar-refractivity contribution in [2.75, 3.05) is 0 Å². The van der Waals surface area contributed by atoms with Crippen molar-refractivity contribution in [3.8, 4) is 11.1 Å². The Balaban J connectivity index is 1.57. The van der Waals surface area contributed by atoms with Gasteiger partial charge in [0.05, 0.1) is 12.1 Å². The standard InChI is InChI=1S/C27H33N3O3/c1-2-3-13-25-28-30(19-20-9-5-4-6-10-20)27(33)29(25)18-21-14-16-22(17-15-21)23-11-7-8-12-24(23)26(31)32/h7-8,11-12,14-17,20H,2-6,9-10,13,18-19H2,1H3,(H,31,32). The second-order valence-corrected chi connectivity index (χ2v) is 9.12. The fraction of sp³-hybridized carbons (Fsp3) is 0.444. The minimum absolute atomic E-state index is 0.0213. The Kier molecular flexibility index (Phi) is 7.43. The molecule has 1 aliphatic carbocycles. The van der Waals surface area contributed by atoms with Crippen molar-refractivity contribution in [1.29, 1.82) is 0 Å². The Morgan fingerprint density at radius 2 is 1.79 bits per heavy atom. The first-order valence-electron chi connectivity index (χ1n) is 12.1. The van der Waals surface area contributed by atoms with E-state index in [4.69, 9.17) is 5.10 Å². The van der Waals surface area contributed by atoms with Gasteiger partial charge in [-0.25, -0.2) is 14.3 Å². The molecule has 0 unspecified atom stereocenters. The van der Waals surface area contributed by atoms with Crippen molar-refractivity contribution < 1.29 is 9.90 Å². The van der Waals surface area contributed by atoms with Crippen LogP contribution in [0.4, 0.5) is 0 Å². The summed E-state index contributed by atoms with van der Waals surface area (Å²) in [6.45, 7) is 3.34. The Bertz CT molecular complexity index is 1140. The maximum Gasteiger partial charge on any atom is 0.346 e. The number of nitrogens with zero attached hydrogens (tertiary/aromatic N) is 3. The average Bonchev–Trinajstić information content (AvgIpc) is 3.13. The molecule has 6 nitrogen and oxygen atoms in total. The number of hydrogen-bond acceptors (Lipinski definition) is 3. The van der Waals surface area contributed by atoms with Crippen molar-refractivity contribution in [3.63, 3.8) is 0 Å². The SMILES string of the molecule is CCCCc1nn(CC2CCCCC2)c(=O)n1Cc1ccc(-c2ccccc2C(=O)O)cc1. The molecule has 0 spiro atoms. The molecule has 0 bridgehead atoms. The summed E-state index contributed by atoms with van der Waals surface area (Å²) in [6, 6.07) is 14.8. The van der Waals surface area contributed by atoms with E-state index >= 15 is 0 Å². The molecule has 1 heterocycles. The number of carboxylic acid groups (broad SMARTS) is 1. The lowest BCUT2D eigenvalue weighted by atomic mass is 9.89. The van der Waals surface area contributed by atoms with Gasteiger partial charge >= 0.3 is 11.7 Å². The van der Waals surface area contributed by atoms with Crippen molar-refractivity contribution in [1.82, 2.24) is 14.3 Å². The first kappa shape index (κ1) is 23.0. The number of aromatic carboxylic acids is 1. The second kappa shape index (κ2) is 10.6. The van der Waals surface area contributed by atoms with Crippen LogP contribution in [0.15, 0.2) is 53.3 Å². The van der Waals surface area contributed by atoms with Gasteiger partial charge < -0.3 is 5.11 Å². The van der Waals surface area contributed by atoms with Crippen LogP contribution >= 0.6 is 0 Å². The summed E-state index contributed by atoms with van der Waals surface area (Å²) in [5, 5.41) is 14.2. The predicted octanol–water partition coefficient (Wildman–Crippen LogP) is 5.38. The van der Waals surface area contributed by atoms with Gasteiger partial charge in [-0.1, -0.05) is 75.1 Å². The summed E-state index contributed by atoms with van der Waals surface area (Å²) >= 11 is 0. The monoisotopic (exact) mass is 447 g/mol. The number of carbonyl (C=O) groups is 1. The maximum absolute atomic E-state index is 13.2. The quantitative estimate of drug-likeness (QED) is 0.478. The smallest absolute Gasteiger partial charge is 0.346 e. The highest BCUT2D eigenvalue weighted by molar-refractivity contribution is 5.95. The largest absolute Gasteiger partial charge is 0.478 e. The lowest BCUT2D eigenvalue weighted by Crippen LogP contribution is -2.29. The number of benzene rings is 2. The van der Waals surface area contributed by atoms with Gasteiger partial charge in [0.2, 0.25) is 0 Å². The summed E-state index contributed by atoms with van der Waals surface area (Å²) in [5.41, 5.74) is 2.81. The molecule has 1 aromatic heterocycles. The minimum Gasteiger partial charge on any atom is -0.478 e. The Hall–Kier alpha value is -3.15. The summed E-state index contributed by atoms with van der Waals surface area (Å²) in [6.07, 6.45) is 9.03. The van der Waals surface area contributed by atoms with Gasteiger partial charge in [-0.15, -0.1) is 0 Å². The zero-order chi connectivity index (χ0) is 23.2. The number of rotatable bonds is 9. The van der Waals surface area contributed by atoms with E-state index in [1.807, 2.05) is 41.0 Å². The van der Waals surface area contributed by atoms with Gasteiger partial charge in [0.1, 0.15) is 5.82 Å². The predicted molar refractivity (Wildman–Crippen MR) is 130 cm³/mol. The molecule has 2 aromatic carbocycles. The van der Waals surface area contributed by atoms with Crippen molar-refractivity contribution in [3.05, 3.63) is 76.0 Å². The zero-order valence-electron chi connectivity index (χ0n) is 19.4. The van der Waals surface area contributed by atoms with E-state index in [-0.39, 0.29) is 11.3 Å². The molecule has 33 heavy (non-hydrogen) atoms. The Morgan fingerprint density at radius 1 is 1.06 bits per heavy atom. The van der Waals surface area contributed by atoms with E-state index in [1.165, 1.54) is 32.1 Å². The average molecular weight is 448 g/mol. The molecule has 0 amide bonds. The van der Waals surface area contributed by atoms with E-state index in [0.29, 0.717) is 18.0 Å². The zero-order valence-corrected chi connectivity index (χ0v) is 19.4. The van der Waals surface area contributed by atoms with Crippen LogP contribution in [0.5, 0.6) is 0 Å². The van der Waals surface area contributed by atoms with Crippen molar-refractivity contribution >= 4 is 5.97 Å². The third-order valence-corrected chi connectivity index (χ3v) is 6.67. The van der Waals surface area contributed by atoms with Gasteiger partial charge in [0.15, 0.2) is 0 Å². The molecular formula is C27H33N3O3. The summed E-state index contributed by atoms with van der Waals surface area (Å²) in [4.78, 5) is 24.8. The van der Waals surface area contributed by atoms with Crippen LogP contribution in [-0.4, -0.2) is 25.4 Å². The van der Waals surface area contributed by atoms with Crippen LogP contribution < -0.4 is 5.69 Å². The van der Waals surface area contributed by atoms with Crippen molar-refractivity contribution in [2.45, 2.75) is 71.4 Å². The number of aromatic nitrogens is 3. The molecule has 0 saturated heterocycles. The van der Waals surface area contributed by atoms with Crippen molar-refractivity contribution in [2.24, 2.45) is 5.92 Å². The normalized spacial score (nSPS) is 14.5. The van der Waals surface area contributed by atoms with E-state index < -0.39 is 5.97 Å². The lowest BCUT2D eigenvalue weighted by molar-refractivity contribution is 0.0697. The molecule has 3 aromatic rings. The number of unbranched alkanes of at least 4 members (excludes halogenated alkanes) is 1. The third-order valence-electron chi connectivity index (χ3n) is 6.67. The Labute approximate surface area is 194 Å². The van der Waals surface area contributed by atoms with Gasteiger partial charge in [0, 0.05) is 13.0 Å². The van der Waals surface area contributed by atoms with E-state index in [9.17, 15) is 14.7 Å². The molecule has 0 aliphatic heterocycles. The highest BCUT2D eigenvalue weighted by Gasteiger charge is 2.19. The number of aryl methyl sites for hydroxylation is 1. The van der Waals surface area contributed by atoms with Gasteiger partial charge in [-0.3, -0.25) is 4.57 Å². The second-order valence-electron chi connectivity index (χ2n) is 9.12. The molecule has 1 aliphatic rings. The lowest BCUT2D eigenvalue weighted by Gasteiger charge is -2.20. The molecule has 1 saturated carbocycles. The summed E-state index contributed by atoms with van der Waals surface area (Å²) in [7, 11) is 0. The fourth-order valence-electron chi connectivity index (χ4n) is 4.79. The molecule has 4 rings (SSSR count). The first-order valence-corrected chi connectivity index (χ1v) is 12.1. The molecular weight excluding hydrogens is 414 g/mol. The highest BCUT2D eigenvalue weighted by atomic mass is 16.4. The van der Waals surface area contributed by atoms with Gasteiger partial charge in [0.25, 0.3) is 0 Å². The van der Waals surface area contributed by atoms with Crippen LogP contribution in [0, 0.1) is 5.92 Å². The molecule has 174 valence electrons. The third kappa shape index (κ3) is 5.44. The van der Waals surface area contributed by atoms with Crippen LogP contribution in [0.3, 0.4) is 0 Å². The minimum atomic E-state index is -0.938. The molecule has 1 fully saturated rings. The first-order chi connectivity index (χ1) is 16.1. The van der Waals surface area contributed by atoms with Crippen LogP contribution in [0.25, 0.3) is 11.1 Å². The van der Waals surface area contributed by atoms with E-state index in [1.54, 1.807) is 16.8 Å². The van der Waals surface area contributed by atoms with Crippen LogP contribution in [0.1, 0.15) is 73.6 Å². The topological polar surface area (TPSA) is 77.1 Å². The molecule has 0 radical (unpaired) electrons. The summed E-state index contributed by atoms with van der Waals surface area (Å²) < 4.78 is 3.51.